The summed E-state index contributed by atoms with van der Waals surface area (Å²) in [5.74, 6) is -0.102. The summed E-state index contributed by atoms with van der Waals surface area (Å²) in [6, 6.07) is 11.5. The Labute approximate surface area is 161 Å². The number of hydrogen-bond donors (Lipinski definition) is 1. The Morgan fingerprint density at radius 3 is 2.14 bits per heavy atom. The van der Waals surface area contributed by atoms with E-state index in [9.17, 15) is 22.8 Å². The van der Waals surface area contributed by atoms with Gasteiger partial charge in [-0.15, -0.1) is 0 Å². The van der Waals surface area contributed by atoms with Crippen LogP contribution in [0.25, 0.3) is 0 Å². The maximum absolute atomic E-state index is 12.7. The number of amides is 2. The van der Waals surface area contributed by atoms with Crippen LogP contribution >= 0.6 is 0 Å². The molecule has 0 saturated carbocycles. The van der Waals surface area contributed by atoms with Gasteiger partial charge in [-0.3, -0.25) is 9.59 Å². The molecule has 1 N–H and O–H groups in total. The average molecular weight is 394 g/mol. The van der Waals surface area contributed by atoms with Crippen molar-refractivity contribution in [2.24, 2.45) is 0 Å². The summed E-state index contributed by atoms with van der Waals surface area (Å²) >= 11 is 0. The summed E-state index contributed by atoms with van der Waals surface area (Å²) in [7, 11) is 1.58. The number of carbonyl (C=O) groups is 2. The second kappa shape index (κ2) is 9.25. The maximum Gasteiger partial charge on any atom is 0.416 e. The Bertz CT molecular complexity index is 803. The highest BCUT2D eigenvalue weighted by molar-refractivity contribution is 5.97. The van der Waals surface area contributed by atoms with Gasteiger partial charge < -0.3 is 15.0 Å². The second-order valence-electron chi connectivity index (χ2n) is 6.10. The summed E-state index contributed by atoms with van der Waals surface area (Å²) in [6.07, 6.45) is -3.87. The van der Waals surface area contributed by atoms with Crippen LogP contribution in [0.4, 0.5) is 18.9 Å². The van der Waals surface area contributed by atoms with Crippen LogP contribution in [0.15, 0.2) is 48.5 Å². The topological polar surface area (TPSA) is 58.6 Å². The van der Waals surface area contributed by atoms with Crippen molar-refractivity contribution in [2.75, 3.05) is 25.1 Å². The lowest BCUT2D eigenvalue weighted by Crippen LogP contribution is -2.40. The largest absolute Gasteiger partial charge is 0.497 e. The number of rotatable bonds is 7. The number of hydrogen-bond acceptors (Lipinski definition) is 3. The van der Waals surface area contributed by atoms with Crippen molar-refractivity contribution in [1.82, 2.24) is 5.32 Å². The van der Waals surface area contributed by atoms with Crippen LogP contribution in [0.2, 0.25) is 0 Å². The van der Waals surface area contributed by atoms with Crippen molar-refractivity contribution < 1.29 is 27.5 Å². The molecule has 0 unspecified atom stereocenters. The Morgan fingerprint density at radius 2 is 1.64 bits per heavy atom. The lowest BCUT2D eigenvalue weighted by Gasteiger charge is -2.21. The van der Waals surface area contributed by atoms with Crippen molar-refractivity contribution in [3.05, 3.63) is 59.7 Å². The van der Waals surface area contributed by atoms with E-state index in [1.807, 2.05) is 24.3 Å². The molecule has 150 valence electrons. The van der Waals surface area contributed by atoms with Crippen molar-refractivity contribution in [3.8, 4) is 5.75 Å². The molecular formula is C20H21F3N2O3. The van der Waals surface area contributed by atoms with Crippen molar-refractivity contribution >= 4 is 17.5 Å². The first-order valence-corrected chi connectivity index (χ1v) is 8.55. The quantitative estimate of drug-likeness (QED) is 0.783. The number of nitrogens with zero attached hydrogens (tertiary/aromatic N) is 1. The van der Waals surface area contributed by atoms with Gasteiger partial charge in [-0.05, 0) is 48.4 Å². The summed E-state index contributed by atoms with van der Waals surface area (Å²) < 4.78 is 43.1. The molecule has 2 aromatic rings. The number of carbonyl (C=O) groups excluding carboxylic acids is 2. The summed E-state index contributed by atoms with van der Waals surface area (Å²) in [5, 5.41) is 2.71. The van der Waals surface area contributed by atoms with Gasteiger partial charge in [0.2, 0.25) is 11.8 Å². The van der Waals surface area contributed by atoms with Crippen LogP contribution in [0.3, 0.4) is 0 Å². The molecular weight excluding hydrogens is 373 g/mol. The van der Waals surface area contributed by atoms with Crippen molar-refractivity contribution in [2.45, 2.75) is 19.5 Å². The number of ether oxygens (including phenoxy) is 1. The molecule has 2 rings (SSSR count). The fourth-order valence-corrected chi connectivity index (χ4v) is 2.55. The Kier molecular flexibility index (Phi) is 7.03. The molecule has 5 nitrogen and oxygen atoms in total. The SMILES string of the molecule is COc1ccc(CCNC(=O)CN(C(C)=O)c2ccc(C(F)(F)F)cc2)cc1. The van der Waals surface area contributed by atoms with Crippen LogP contribution in [-0.2, 0) is 22.2 Å². The van der Waals surface area contributed by atoms with Crippen LogP contribution < -0.4 is 15.0 Å². The minimum atomic E-state index is -4.46. The molecule has 0 spiro atoms. The lowest BCUT2D eigenvalue weighted by molar-refractivity contribution is -0.137. The first kappa shape index (κ1) is 21.3. The molecule has 0 aliphatic carbocycles. The van der Waals surface area contributed by atoms with E-state index in [0.717, 1.165) is 28.3 Å². The van der Waals surface area contributed by atoms with Crippen molar-refractivity contribution in [1.29, 1.82) is 0 Å². The van der Waals surface area contributed by atoms with Crippen molar-refractivity contribution in [3.63, 3.8) is 0 Å². The van der Waals surface area contributed by atoms with E-state index in [1.54, 1.807) is 7.11 Å². The zero-order valence-corrected chi connectivity index (χ0v) is 15.5. The first-order valence-electron chi connectivity index (χ1n) is 8.55. The van der Waals surface area contributed by atoms with Crippen LogP contribution in [-0.4, -0.2) is 32.0 Å². The van der Waals surface area contributed by atoms with Gasteiger partial charge in [0.1, 0.15) is 12.3 Å². The van der Waals surface area contributed by atoms with Gasteiger partial charge in [0.15, 0.2) is 0 Å². The first-order chi connectivity index (χ1) is 13.2. The van der Waals surface area contributed by atoms with Crippen LogP contribution in [0, 0.1) is 0 Å². The molecule has 0 aromatic heterocycles. The van der Waals surface area contributed by atoms with E-state index in [-0.39, 0.29) is 12.2 Å². The van der Waals surface area contributed by atoms with E-state index in [1.165, 1.54) is 19.1 Å². The third kappa shape index (κ3) is 6.00. The number of methoxy groups -OCH3 is 1. The molecule has 0 aliphatic rings. The third-order valence-electron chi connectivity index (χ3n) is 4.08. The van der Waals surface area contributed by atoms with Crippen LogP contribution in [0.5, 0.6) is 5.75 Å². The highest BCUT2D eigenvalue weighted by Crippen LogP contribution is 2.30. The van der Waals surface area contributed by atoms with E-state index in [4.69, 9.17) is 4.74 Å². The van der Waals surface area contributed by atoms with Gasteiger partial charge in [0.05, 0.1) is 12.7 Å². The molecule has 0 bridgehead atoms. The monoisotopic (exact) mass is 394 g/mol. The molecule has 0 fully saturated rings. The maximum atomic E-state index is 12.7. The second-order valence-corrected chi connectivity index (χ2v) is 6.10. The molecule has 0 radical (unpaired) electrons. The fraction of sp³-hybridized carbons (Fsp3) is 0.300. The van der Waals surface area contributed by atoms with Gasteiger partial charge in [-0.1, -0.05) is 12.1 Å². The number of alkyl halides is 3. The van der Waals surface area contributed by atoms with E-state index in [0.29, 0.717) is 13.0 Å². The molecule has 0 heterocycles. The zero-order valence-electron chi connectivity index (χ0n) is 15.5. The summed E-state index contributed by atoms with van der Waals surface area (Å²) in [6.45, 7) is 1.34. The van der Waals surface area contributed by atoms with Gasteiger partial charge in [-0.2, -0.15) is 13.2 Å². The van der Waals surface area contributed by atoms with Gasteiger partial charge in [0, 0.05) is 19.2 Å². The Balaban J connectivity index is 1.92. The Morgan fingerprint density at radius 1 is 1.04 bits per heavy atom. The minimum Gasteiger partial charge on any atom is -0.497 e. The highest BCUT2D eigenvalue weighted by atomic mass is 19.4. The van der Waals surface area contributed by atoms with Crippen LogP contribution in [0.1, 0.15) is 18.1 Å². The standard InChI is InChI=1S/C20H21F3N2O3/c1-14(26)25(17-7-5-16(6-8-17)20(21,22)23)13-19(27)24-12-11-15-3-9-18(28-2)10-4-15/h3-10H,11-13H2,1-2H3,(H,24,27). The molecule has 8 heteroatoms. The predicted molar refractivity (Wildman–Crippen MR) is 99.2 cm³/mol. The molecule has 0 saturated heterocycles. The molecule has 2 amide bonds. The third-order valence-corrected chi connectivity index (χ3v) is 4.08. The fourth-order valence-electron chi connectivity index (χ4n) is 2.55. The molecule has 0 atom stereocenters. The smallest absolute Gasteiger partial charge is 0.416 e. The molecule has 0 aliphatic heterocycles. The van der Waals surface area contributed by atoms with Gasteiger partial charge in [-0.25, -0.2) is 0 Å². The van der Waals surface area contributed by atoms with E-state index < -0.39 is 23.6 Å². The number of anilines is 1. The number of nitrogens with one attached hydrogen (secondary N) is 1. The predicted octanol–water partition coefficient (Wildman–Crippen LogP) is 3.43. The highest BCUT2D eigenvalue weighted by Gasteiger charge is 2.30. The summed E-state index contributed by atoms with van der Waals surface area (Å²) in [5.41, 5.74) is 0.418. The van der Waals surface area contributed by atoms with E-state index >= 15 is 0 Å². The number of benzene rings is 2. The van der Waals surface area contributed by atoms with Gasteiger partial charge >= 0.3 is 6.18 Å². The lowest BCUT2D eigenvalue weighted by atomic mass is 10.1. The zero-order chi connectivity index (χ0) is 20.7. The molecule has 28 heavy (non-hydrogen) atoms. The van der Waals surface area contributed by atoms with Gasteiger partial charge in [0.25, 0.3) is 0 Å². The minimum absolute atomic E-state index is 0.228. The molecule has 2 aromatic carbocycles. The average Bonchev–Trinajstić information content (AvgIpc) is 2.66. The Hall–Kier alpha value is -3.03. The number of halogens is 3. The normalized spacial score (nSPS) is 11.0. The van der Waals surface area contributed by atoms with E-state index in [2.05, 4.69) is 5.32 Å². The summed E-state index contributed by atoms with van der Waals surface area (Å²) in [4.78, 5) is 25.1.